The zero-order valence-corrected chi connectivity index (χ0v) is 78.5. The van der Waals surface area contributed by atoms with Crippen molar-refractivity contribution >= 4 is 145 Å². The van der Waals surface area contributed by atoms with Gasteiger partial charge in [-0.05, 0) is 219 Å². The van der Waals surface area contributed by atoms with Gasteiger partial charge < -0.3 is 38.2 Å². The number of hydrogen-bond donors (Lipinski definition) is 0. The van der Waals surface area contributed by atoms with Crippen LogP contribution in [0, 0.1) is 11.8 Å². The van der Waals surface area contributed by atoms with Crippen LogP contribution in [0.1, 0.15) is 209 Å². The van der Waals surface area contributed by atoms with E-state index in [0.717, 1.165) is 194 Å². The Labute approximate surface area is 759 Å². The Bertz CT molecular complexity index is 5290. The van der Waals surface area contributed by atoms with Crippen LogP contribution in [-0.2, 0) is 0 Å². The molecule has 6 heterocycles. The Hall–Kier alpha value is -9.66. The fraction of sp³-hybridized carbons (Fsp3) is 0.377. The maximum atomic E-state index is 6.84. The summed E-state index contributed by atoms with van der Waals surface area (Å²) < 4.78 is 61.8. The first-order valence-corrected chi connectivity index (χ1v) is 50.6. The number of nitrogens with zero attached hydrogens (tertiary/aromatic N) is 6. The number of fused-ring (bicyclic) bond motifs is 4. The molecule has 0 spiro atoms. The van der Waals surface area contributed by atoms with Gasteiger partial charge in [0.15, 0.2) is 10.1 Å². The predicted octanol–water partition coefficient (Wildman–Crippen LogP) is 34.2. The van der Waals surface area contributed by atoms with Gasteiger partial charge in [-0.25, -0.2) is 0 Å². The Morgan fingerprint density at radius 1 is 0.274 bits per heavy atom. The highest BCUT2D eigenvalue weighted by molar-refractivity contribution is 7.26. The van der Waals surface area contributed by atoms with Crippen molar-refractivity contribution in [1.29, 1.82) is 0 Å². The van der Waals surface area contributed by atoms with E-state index in [2.05, 4.69) is 271 Å². The second-order valence-electron chi connectivity index (χ2n) is 32.8. The smallest absolute Gasteiger partial charge is 0.174 e. The minimum absolute atomic E-state index is 0.490. The molecular formula is C106H120N6O6S6. The molecule has 15 rings (SSSR count). The van der Waals surface area contributed by atoms with Gasteiger partial charge in [-0.1, -0.05) is 242 Å². The number of anilines is 6. The van der Waals surface area contributed by atoms with Crippen molar-refractivity contribution in [2.24, 2.45) is 11.8 Å². The lowest BCUT2D eigenvalue weighted by Gasteiger charge is -2.26. The van der Waals surface area contributed by atoms with Crippen LogP contribution in [-0.4, -0.2) is 57.1 Å². The second kappa shape index (κ2) is 45.0. The molecule has 0 saturated heterocycles. The SMILES string of the molecule is CCCCCCOc1ccc(N(c2ccc(OCCCCCC)cc2)c2ccc(-c3ccc(-c4cc5c(-c6ccc(OCC(CC)CCCC)s6)c6sc(-c7ccc(-c8ccc(N(c9ccc(OCCCCCC)cc9)c9ccc(OCCCCCC)cc9)cc8)c8nsnc78)cc6c(-c6ccc(OCC(CC)CCCC)s6)c5s4)c4nsnc34)cc2)cc1. The third kappa shape index (κ3) is 21.9. The van der Waals surface area contributed by atoms with E-state index < -0.39 is 0 Å². The highest BCUT2D eigenvalue weighted by Gasteiger charge is 2.29. The first kappa shape index (κ1) is 89.2. The number of hydrogen-bond acceptors (Lipinski definition) is 18. The number of aromatic nitrogens is 4. The van der Waals surface area contributed by atoms with Crippen LogP contribution in [0.3, 0.4) is 0 Å². The van der Waals surface area contributed by atoms with Crippen molar-refractivity contribution in [2.75, 3.05) is 49.4 Å². The van der Waals surface area contributed by atoms with Crippen molar-refractivity contribution < 1.29 is 28.4 Å². The summed E-state index contributed by atoms with van der Waals surface area (Å²) >= 11 is 9.75. The maximum Gasteiger partial charge on any atom is 0.174 e. The van der Waals surface area contributed by atoms with Gasteiger partial charge >= 0.3 is 0 Å². The predicted molar refractivity (Wildman–Crippen MR) is 533 cm³/mol. The fourth-order valence-electron chi connectivity index (χ4n) is 16.5. The standard InChI is InChI=1S/C106H120N6O6S6/c1-9-17-23-27-65-113-83-49-41-79(42-50-83)111(80-43-51-84(52-44-80)114-66-28-24-18-10-2)77-37-33-75(34-38-77)87-57-59-89(103-101(87)107-123-109-103)95-69-91-99(93-61-63-97(119-93)117-71-73(15-7)31-21-13-5)106-92(100(105(91)121-95)94-62-64-98(120-94)118-72-74(16-8)32-22-14-6)70-96(122-106)90-60-58-88(102-104(90)110-124-108-102)76-35-39-78(40-36-76)112(81-45-53-85(54-46-81)115-67-29-25-19-11-3)82-47-55-86(56-48-82)116-68-30-26-20-12-4/h33-64,69-70,73-74H,9-32,65-68,71-72H2,1-8H3. The van der Waals surface area contributed by atoms with Crippen LogP contribution in [0.4, 0.5) is 34.1 Å². The molecule has 12 nitrogen and oxygen atoms in total. The fourth-order valence-corrected chi connectivity index (χ4v) is 22.2. The highest BCUT2D eigenvalue weighted by Crippen LogP contribution is 2.57. The first-order chi connectivity index (χ1) is 61.2. The van der Waals surface area contributed by atoms with Crippen LogP contribution in [0.2, 0.25) is 0 Å². The van der Waals surface area contributed by atoms with Gasteiger partial charge in [-0.15, -0.1) is 22.7 Å². The molecule has 2 atom stereocenters. The zero-order valence-electron chi connectivity index (χ0n) is 73.6. The molecule has 646 valence electrons. The topological polar surface area (TPSA) is 113 Å². The molecule has 0 bridgehead atoms. The van der Waals surface area contributed by atoms with Crippen molar-refractivity contribution in [3.05, 3.63) is 206 Å². The Kier molecular flexibility index (Phi) is 32.3. The molecule has 15 aromatic rings. The molecule has 0 aliphatic rings. The van der Waals surface area contributed by atoms with E-state index in [-0.39, 0.29) is 0 Å². The lowest BCUT2D eigenvalue weighted by atomic mass is 9.97. The molecule has 0 fully saturated rings. The number of thiophene rings is 4. The second-order valence-corrected chi connectivity index (χ2v) is 38.0. The van der Waals surface area contributed by atoms with Gasteiger partial charge in [0, 0.05) is 107 Å². The van der Waals surface area contributed by atoms with E-state index in [0.29, 0.717) is 51.5 Å². The summed E-state index contributed by atoms with van der Waals surface area (Å²) in [7, 11) is 0. The summed E-state index contributed by atoms with van der Waals surface area (Å²) in [5, 5.41) is 4.24. The van der Waals surface area contributed by atoms with Crippen LogP contribution in [0.25, 0.3) is 106 Å². The number of ether oxygens (including phenoxy) is 6. The van der Waals surface area contributed by atoms with Gasteiger partial charge in [0.05, 0.1) is 63.1 Å². The summed E-state index contributed by atoms with van der Waals surface area (Å²) in [6.07, 6.45) is 27.8. The molecule has 0 N–H and O–H groups in total. The zero-order chi connectivity index (χ0) is 85.4. The van der Waals surface area contributed by atoms with Gasteiger partial charge in [-0.2, -0.15) is 17.5 Å². The lowest BCUT2D eigenvalue weighted by molar-refractivity contribution is 0.239. The van der Waals surface area contributed by atoms with E-state index in [1.807, 2.05) is 22.7 Å². The number of rotatable bonds is 50. The summed E-state index contributed by atoms with van der Waals surface area (Å²) in [4.78, 5) is 9.20. The van der Waals surface area contributed by atoms with Gasteiger partial charge in [0.25, 0.3) is 0 Å². The molecule has 0 aliphatic carbocycles. The van der Waals surface area contributed by atoms with Crippen LogP contribution >= 0.6 is 68.8 Å². The van der Waals surface area contributed by atoms with E-state index >= 15 is 0 Å². The van der Waals surface area contributed by atoms with Gasteiger partial charge in [-0.3, -0.25) is 0 Å². The Balaban J connectivity index is 0.802. The van der Waals surface area contributed by atoms with E-state index in [4.69, 9.17) is 45.9 Å². The maximum absolute atomic E-state index is 6.84. The molecule has 0 aliphatic heterocycles. The summed E-state index contributed by atoms with van der Waals surface area (Å²) in [6.45, 7) is 22.4. The van der Waals surface area contributed by atoms with Gasteiger partial charge in [0.2, 0.25) is 0 Å². The minimum Gasteiger partial charge on any atom is -0.494 e. The Morgan fingerprint density at radius 2 is 0.565 bits per heavy atom. The van der Waals surface area contributed by atoms with Gasteiger partial charge in [0.1, 0.15) is 45.1 Å². The minimum atomic E-state index is 0.490. The average Bonchev–Trinajstić information content (AvgIpc) is 1.55. The molecule has 9 aromatic carbocycles. The molecule has 0 radical (unpaired) electrons. The highest BCUT2D eigenvalue weighted by atomic mass is 32.1. The van der Waals surface area contributed by atoms with Crippen molar-refractivity contribution in [2.45, 2.75) is 209 Å². The lowest BCUT2D eigenvalue weighted by Crippen LogP contribution is -2.10. The monoisotopic (exact) mass is 1760 g/mol. The largest absolute Gasteiger partial charge is 0.494 e. The summed E-state index contributed by atoms with van der Waals surface area (Å²) in [6, 6.07) is 74.9. The van der Waals surface area contributed by atoms with Crippen molar-refractivity contribution in [1.82, 2.24) is 17.5 Å². The third-order valence-electron chi connectivity index (χ3n) is 23.8. The molecule has 18 heteroatoms. The third-order valence-corrected chi connectivity index (χ3v) is 29.3. The molecule has 6 aromatic heterocycles. The van der Waals surface area contributed by atoms with Crippen molar-refractivity contribution in [3.8, 4) is 97.1 Å². The van der Waals surface area contributed by atoms with E-state index in [9.17, 15) is 0 Å². The first-order valence-electron chi connectivity index (χ1n) is 45.9. The summed E-state index contributed by atoms with van der Waals surface area (Å²) in [5.41, 5.74) is 18.4. The van der Waals surface area contributed by atoms with Crippen LogP contribution in [0.5, 0.6) is 33.1 Å². The van der Waals surface area contributed by atoms with E-state index in [1.165, 1.54) is 157 Å². The Morgan fingerprint density at radius 3 is 0.863 bits per heavy atom. The molecular weight excluding hydrogens is 1650 g/mol. The molecule has 0 amide bonds. The summed E-state index contributed by atoms with van der Waals surface area (Å²) in [5.74, 6) is 4.50. The molecule has 124 heavy (non-hydrogen) atoms. The van der Waals surface area contributed by atoms with Crippen LogP contribution in [0.15, 0.2) is 206 Å². The number of unbranched alkanes of at least 4 members (excludes halogenated alkanes) is 14. The quantitative estimate of drug-likeness (QED) is 0.0338. The van der Waals surface area contributed by atoms with Crippen molar-refractivity contribution in [3.63, 3.8) is 0 Å². The average molecular weight is 1770 g/mol. The molecule has 2 unspecified atom stereocenters. The number of benzene rings is 9. The molecule has 0 saturated carbocycles. The normalized spacial score (nSPS) is 12.1. The van der Waals surface area contributed by atoms with Crippen LogP contribution < -0.4 is 38.2 Å². The van der Waals surface area contributed by atoms with E-state index in [1.54, 1.807) is 22.7 Å².